The number of nitrogens with zero attached hydrogens (tertiary/aromatic N) is 2. The van der Waals surface area contributed by atoms with Crippen LogP contribution >= 0.6 is 0 Å². The molecule has 2 aromatic carbocycles. The fraction of sp³-hybridized carbons (Fsp3) is 0.227. The number of aromatic carboxylic acids is 1. The first kappa shape index (κ1) is 23.9. The number of hydrogen-bond acceptors (Lipinski definition) is 3. The topological polar surface area (TPSA) is 84.2 Å². The van der Waals surface area contributed by atoms with E-state index in [4.69, 9.17) is 5.11 Å². The van der Waals surface area contributed by atoms with E-state index >= 15 is 0 Å². The smallest absolute Gasteiger partial charge is 0.416 e. The normalized spacial score (nSPS) is 11.6. The lowest BCUT2D eigenvalue weighted by Crippen LogP contribution is -2.25. The van der Waals surface area contributed by atoms with Gasteiger partial charge in [0.15, 0.2) is 0 Å². The van der Waals surface area contributed by atoms with Crippen LogP contribution in [0.25, 0.3) is 0 Å². The zero-order chi connectivity index (χ0) is 24.3. The van der Waals surface area contributed by atoms with Crippen molar-refractivity contribution in [2.75, 3.05) is 0 Å². The van der Waals surface area contributed by atoms with Gasteiger partial charge in [0, 0.05) is 20.0 Å². The zero-order valence-corrected chi connectivity index (χ0v) is 17.2. The third-order valence-corrected chi connectivity index (χ3v) is 4.90. The van der Waals surface area contributed by atoms with Crippen molar-refractivity contribution in [3.63, 3.8) is 0 Å². The van der Waals surface area contributed by atoms with Gasteiger partial charge in [-0.15, -0.1) is 0 Å². The van der Waals surface area contributed by atoms with E-state index in [2.05, 4.69) is 10.4 Å². The van der Waals surface area contributed by atoms with Gasteiger partial charge < -0.3 is 10.4 Å². The molecule has 0 bridgehead atoms. The third-order valence-electron chi connectivity index (χ3n) is 4.90. The zero-order valence-electron chi connectivity index (χ0n) is 17.2. The minimum Gasteiger partial charge on any atom is -0.478 e. The van der Waals surface area contributed by atoms with Crippen molar-refractivity contribution in [2.45, 2.75) is 25.6 Å². The van der Waals surface area contributed by atoms with Crippen molar-refractivity contribution in [1.82, 2.24) is 15.1 Å². The Balaban J connectivity index is 1.84. The number of aryl methyl sites for hydroxylation is 1. The number of carbonyl (C=O) groups excluding carboxylic acids is 1. The lowest BCUT2D eigenvalue weighted by molar-refractivity contribution is -0.137. The summed E-state index contributed by atoms with van der Waals surface area (Å²) in [6.45, 7) is -0.0595. The predicted octanol–water partition coefficient (Wildman–Crippen LogP) is 4.60. The Morgan fingerprint density at radius 1 is 1.03 bits per heavy atom. The molecule has 0 saturated carbocycles. The average molecular weight is 467 g/mol. The van der Waals surface area contributed by atoms with E-state index in [-0.39, 0.29) is 29.8 Å². The molecule has 0 radical (unpaired) electrons. The van der Waals surface area contributed by atoms with E-state index in [1.807, 2.05) is 0 Å². The number of halogens is 5. The highest BCUT2D eigenvalue weighted by Gasteiger charge is 2.31. The Kier molecular flexibility index (Phi) is 6.80. The number of alkyl halides is 5. The van der Waals surface area contributed by atoms with Crippen molar-refractivity contribution in [3.8, 4) is 0 Å². The summed E-state index contributed by atoms with van der Waals surface area (Å²) in [6, 6.07) is 9.77. The third kappa shape index (κ3) is 5.54. The van der Waals surface area contributed by atoms with E-state index in [0.717, 1.165) is 16.8 Å². The molecule has 0 fully saturated rings. The fourth-order valence-electron chi connectivity index (χ4n) is 3.26. The van der Waals surface area contributed by atoms with E-state index in [0.29, 0.717) is 11.1 Å². The highest BCUT2D eigenvalue weighted by Crippen LogP contribution is 2.30. The summed E-state index contributed by atoms with van der Waals surface area (Å²) in [5.41, 5.74) is -0.875. The molecule has 0 aliphatic heterocycles. The maximum atomic E-state index is 13.6. The monoisotopic (exact) mass is 467 g/mol. The molecule has 2 N–H and O–H groups in total. The Hall–Kier alpha value is -3.76. The minimum atomic E-state index is -4.51. The van der Waals surface area contributed by atoms with Crippen molar-refractivity contribution in [3.05, 3.63) is 87.7 Å². The molecule has 0 saturated heterocycles. The maximum Gasteiger partial charge on any atom is 0.416 e. The molecule has 11 heteroatoms. The largest absolute Gasteiger partial charge is 0.478 e. The lowest BCUT2D eigenvalue weighted by Gasteiger charge is -2.10. The quantitative estimate of drug-likeness (QED) is 0.498. The molecule has 0 atom stereocenters. The molecule has 6 nitrogen and oxygen atoms in total. The van der Waals surface area contributed by atoms with Crippen molar-refractivity contribution >= 4 is 11.9 Å². The van der Waals surface area contributed by atoms with Gasteiger partial charge in [-0.2, -0.15) is 18.3 Å². The van der Waals surface area contributed by atoms with Crippen LogP contribution in [0.4, 0.5) is 22.0 Å². The van der Waals surface area contributed by atoms with Gasteiger partial charge in [-0.1, -0.05) is 24.3 Å². The summed E-state index contributed by atoms with van der Waals surface area (Å²) in [7, 11) is 1.25. The van der Waals surface area contributed by atoms with Gasteiger partial charge in [-0.05, 0) is 35.4 Å². The van der Waals surface area contributed by atoms with Crippen LogP contribution in [-0.2, 0) is 26.2 Å². The Morgan fingerprint density at radius 3 is 2.12 bits per heavy atom. The molecule has 0 spiro atoms. The molecule has 3 aromatic rings. The average Bonchev–Trinajstić information content (AvgIpc) is 3.08. The fourth-order valence-corrected chi connectivity index (χ4v) is 3.26. The van der Waals surface area contributed by atoms with Crippen LogP contribution in [0.3, 0.4) is 0 Å². The summed E-state index contributed by atoms with van der Waals surface area (Å²) in [5, 5.41) is 15.4. The Bertz CT molecular complexity index is 1150. The first-order chi connectivity index (χ1) is 15.5. The first-order valence-electron chi connectivity index (χ1n) is 9.58. The van der Waals surface area contributed by atoms with Crippen LogP contribution in [0, 0.1) is 0 Å². The summed E-state index contributed by atoms with van der Waals surface area (Å²) >= 11 is 0. The van der Waals surface area contributed by atoms with Crippen LogP contribution in [0.2, 0.25) is 0 Å². The standard InChI is InChI=1S/C22H18F5N3O3/c1-30-18(19(23)24)17(20(31)28-11-13-2-6-14(7-3-13)21(32)33)16(29-30)10-12-4-8-15(9-5-12)22(25,26)27/h2-9,19H,10-11H2,1H3,(H,28,31)(H,32,33). The molecular formula is C22H18F5N3O3. The minimum absolute atomic E-state index is 0.00807. The first-order valence-corrected chi connectivity index (χ1v) is 9.58. The second-order valence-electron chi connectivity index (χ2n) is 7.19. The summed E-state index contributed by atoms with van der Waals surface area (Å²) in [5.74, 6) is -1.95. The molecule has 174 valence electrons. The van der Waals surface area contributed by atoms with Crippen LogP contribution in [0.15, 0.2) is 48.5 Å². The molecular weight excluding hydrogens is 449 g/mol. The summed E-state index contributed by atoms with van der Waals surface area (Å²) < 4.78 is 66.5. The van der Waals surface area contributed by atoms with E-state index in [1.165, 1.54) is 43.4 Å². The van der Waals surface area contributed by atoms with Gasteiger partial charge in [0.05, 0.1) is 22.4 Å². The van der Waals surface area contributed by atoms with Crippen LogP contribution in [0.5, 0.6) is 0 Å². The second-order valence-corrected chi connectivity index (χ2v) is 7.19. The Morgan fingerprint density at radius 2 is 1.61 bits per heavy atom. The number of aromatic nitrogens is 2. The van der Waals surface area contributed by atoms with Crippen LogP contribution in [0.1, 0.15) is 55.2 Å². The Labute approximate surface area is 184 Å². The highest BCUT2D eigenvalue weighted by molar-refractivity contribution is 5.96. The van der Waals surface area contributed by atoms with Gasteiger partial charge in [0.25, 0.3) is 12.3 Å². The molecule has 33 heavy (non-hydrogen) atoms. The molecule has 1 aromatic heterocycles. The number of carboxylic acid groups (broad SMARTS) is 1. The van der Waals surface area contributed by atoms with Crippen molar-refractivity contribution < 1.29 is 36.6 Å². The van der Waals surface area contributed by atoms with E-state index < -0.39 is 35.7 Å². The number of amides is 1. The summed E-state index contributed by atoms with van der Waals surface area (Å²) in [4.78, 5) is 23.7. The van der Waals surface area contributed by atoms with Gasteiger partial charge in [-0.25, -0.2) is 13.6 Å². The number of nitrogens with one attached hydrogen (secondary N) is 1. The van der Waals surface area contributed by atoms with E-state index in [9.17, 15) is 31.5 Å². The summed E-state index contributed by atoms with van der Waals surface area (Å²) in [6.07, 6.45) is -7.66. The number of hydrogen-bond donors (Lipinski definition) is 2. The van der Waals surface area contributed by atoms with Gasteiger partial charge in [-0.3, -0.25) is 9.48 Å². The number of rotatable bonds is 7. The van der Waals surface area contributed by atoms with Crippen LogP contribution < -0.4 is 5.32 Å². The lowest BCUT2D eigenvalue weighted by atomic mass is 10.0. The molecule has 1 amide bonds. The molecule has 1 heterocycles. The molecule has 0 aliphatic rings. The van der Waals surface area contributed by atoms with E-state index in [1.54, 1.807) is 0 Å². The predicted molar refractivity (Wildman–Crippen MR) is 107 cm³/mol. The van der Waals surface area contributed by atoms with Gasteiger partial charge in [0.1, 0.15) is 5.69 Å². The number of benzene rings is 2. The molecule has 3 rings (SSSR count). The van der Waals surface area contributed by atoms with Crippen molar-refractivity contribution in [2.24, 2.45) is 7.05 Å². The second kappa shape index (κ2) is 9.39. The highest BCUT2D eigenvalue weighted by atomic mass is 19.4. The van der Waals surface area contributed by atoms with Gasteiger partial charge >= 0.3 is 12.1 Å². The number of carboxylic acids is 1. The molecule has 0 unspecified atom stereocenters. The SMILES string of the molecule is Cn1nc(Cc2ccc(C(F)(F)F)cc2)c(C(=O)NCc2ccc(C(=O)O)cc2)c1C(F)F. The maximum absolute atomic E-state index is 13.6. The van der Waals surface area contributed by atoms with Crippen molar-refractivity contribution in [1.29, 1.82) is 0 Å². The molecule has 0 aliphatic carbocycles. The van der Waals surface area contributed by atoms with Gasteiger partial charge in [0.2, 0.25) is 0 Å². The number of carbonyl (C=O) groups is 2. The van der Waals surface area contributed by atoms with Crippen LogP contribution in [-0.4, -0.2) is 26.8 Å².